The van der Waals surface area contributed by atoms with E-state index in [0.29, 0.717) is 0 Å². The maximum absolute atomic E-state index is 2.46. The molecule has 0 spiro atoms. The Hall–Kier alpha value is 1.08. The van der Waals surface area contributed by atoms with Crippen LogP contribution in [0.3, 0.4) is 0 Å². The molecule has 2 heteroatoms. The Bertz CT molecular complexity index is 113. The van der Waals surface area contributed by atoms with Crippen LogP contribution in [0.15, 0.2) is 0 Å². The zero-order valence-electron chi connectivity index (χ0n) is 7.18. The predicted molar refractivity (Wildman–Crippen MR) is 48.5 cm³/mol. The van der Waals surface area contributed by atoms with E-state index in [0.717, 1.165) is 22.7 Å². The van der Waals surface area contributed by atoms with Gasteiger partial charge in [0.1, 0.15) is 11.5 Å². The second kappa shape index (κ2) is 4.35. The lowest BCUT2D eigenvalue weighted by Gasteiger charge is -2.20. The van der Waals surface area contributed by atoms with Crippen molar-refractivity contribution in [1.29, 1.82) is 0 Å². The number of hydrogen-bond donors (Lipinski definition) is 0. The van der Waals surface area contributed by atoms with Gasteiger partial charge in [-0.2, -0.15) is 0 Å². The van der Waals surface area contributed by atoms with Crippen LogP contribution in [0.5, 0.6) is 0 Å². The second-order valence-electron chi connectivity index (χ2n) is 3.92. The molecular formula is C9H17IS. The SMILES string of the molecule is C[S+]1CC2CCCCC2C1.[I-]. The van der Waals surface area contributed by atoms with Gasteiger partial charge in [-0.1, -0.05) is 12.8 Å². The van der Waals surface area contributed by atoms with Crippen molar-refractivity contribution in [3.8, 4) is 0 Å². The van der Waals surface area contributed by atoms with E-state index in [-0.39, 0.29) is 24.0 Å². The summed E-state index contributed by atoms with van der Waals surface area (Å²) in [6.45, 7) is 0. The predicted octanol–water partition coefficient (Wildman–Crippen LogP) is -0.941. The van der Waals surface area contributed by atoms with Gasteiger partial charge in [0, 0.05) is 11.8 Å². The van der Waals surface area contributed by atoms with Crippen molar-refractivity contribution >= 4 is 10.9 Å². The van der Waals surface area contributed by atoms with E-state index in [1.54, 1.807) is 24.3 Å². The zero-order valence-corrected chi connectivity index (χ0v) is 10.2. The summed E-state index contributed by atoms with van der Waals surface area (Å²) in [7, 11) is 0.807. The molecule has 0 N–H and O–H groups in total. The van der Waals surface area contributed by atoms with Gasteiger partial charge in [-0.05, 0) is 23.7 Å². The molecule has 0 radical (unpaired) electrons. The standard InChI is InChI=1S/C9H17S.HI/c1-10-6-8-4-2-3-5-9(8)7-10;/h8-9H,2-7H2,1H3;1H/q+1;/p-1. The van der Waals surface area contributed by atoms with E-state index in [9.17, 15) is 0 Å². The maximum atomic E-state index is 2.46. The average Bonchev–Trinajstić information content (AvgIpc) is 2.27. The van der Waals surface area contributed by atoms with E-state index < -0.39 is 0 Å². The largest absolute Gasteiger partial charge is 1.00 e. The number of rotatable bonds is 0. The first kappa shape index (κ1) is 10.2. The van der Waals surface area contributed by atoms with Crippen molar-refractivity contribution in [3.63, 3.8) is 0 Å². The fourth-order valence-electron chi connectivity index (χ4n) is 2.52. The number of halogens is 1. The van der Waals surface area contributed by atoms with Gasteiger partial charge in [-0.3, -0.25) is 0 Å². The molecule has 0 aromatic carbocycles. The highest BCUT2D eigenvalue weighted by molar-refractivity contribution is 7.96. The van der Waals surface area contributed by atoms with Crippen molar-refractivity contribution in [2.75, 3.05) is 17.8 Å². The summed E-state index contributed by atoms with van der Waals surface area (Å²) in [6.07, 6.45) is 8.62. The fraction of sp³-hybridized carbons (Fsp3) is 1.00. The first-order valence-electron chi connectivity index (χ1n) is 4.45. The summed E-state index contributed by atoms with van der Waals surface area (Å²) in [5.41, 5.74) is 0. The van der Waals surface area contributed by atoms with Gasteiger partial charge in [0.2, 0.25) is 0 Å². The fourth-order valence-corrected chi connectivity index (χ4v) is 5.00. The van der Waals surface area contributed by atoms with Crippen molar-refractivity contribution in [2.24, 2.45) is 11.8 Å². The lowest BCUT2D eigenvalue weighted by atomic mass is 9.82. The van der Waals surface area contributed by atoms with Crippen LogP contribution < -0.4 is 24.0 Å². The van der Waals surface area contributed by atoms with Crippen molar-refractivity contribution in [3.05, 3.63) is 0 Å². The summed E-state index contributed by atoms with van der Waals surface area (Å²) in [5.74, 6) is 5.46. The monoisotopic (exact) mass is 284 g/mol. The summed E-state index contributed by atoms with van der Waals surface area (Å²) >= 11 is 0. The minimum absolute atomic E-state index is 0. The highest BCUT2D eigenvalue weighted by Crippen LogP contribution is 2.37. The zero-order chi connectivity index (χ0) is 6.97. The van der Waals surface area contributed by atoms with Crippen LogP contribution >= 0.6 is 0 Å². The molecule has 1 saturated heterocycles. The summed E-state index contributed by atoms with van der Waals surface area (Å²) in [6, 6.07) is 0. The Balaban J connectivity index is 0.000000605. The molecule has 1 aliphatic carbocycles. The minimum atomic E-state index is 0. The van der Waals surface area contributed by atoms with Gasteiger partial charge in [0.15, 0.2) is 0 Å². The van der Waals surface area contributed by atoms with Gasteiger partial charge in [-0.15, -0.1) is 0 Å². The van der Waals surface area contributed by atoms with Crippen LogP contribution in [0.25, 0.3) is 0 Å². The molecule has 0 aromatic heterocycles. The second-order valence-corrected chi connectivity index (χ2v) is 6.15. The molecular weight excluding hydrogens is 267 g/mol. The average molecular weight is 284 g/mol. The van der Waals surface area contributed by atoms with Crippen molar-refractivity contribution < 1.29 is 24.0 Å². The van der Waals surface area contributed by atoms with Crippen LogP contribution in [0.4, 0.5) is 0 Å². The third kappa shape index (κ3) is 2.27. The molecule has 0 nitrogen and oxygen atoms in total. The summed E-state index contributed by atoms with van der Waals surface area (Å²) < 4.78 is 0. The summed E-state index contributed by atoms with van der Waals surface area (Å²) in [5, 5.41) is 0. The molecule has 2 rings (SSSR count). The highest BCUT2D eigenvalue weighted by Gasteiger charge is 2.39. The Kier molecular flexibility index (Phi) is 4.02. The smallest absolute Gasteiger partial charge is 0.111 e. The molecule has 0 aromatic rings. The van der Waals surface area contributed by atoms with Gasteiger partial charge >= 0.3 is 0 Å². The summed E-state index contributed by atoms with van der Waals surface area (Å²) in [4.78, 5) is 0. The molecule has 2 fully saturated rings. The van der Waals surface area contributed by atoms with Gasteiger partial charge in [0.25, 0.3) is 0 Å². The van der Waals surface area contributed by atoms with Crippen LogP contribution in [-0.4, -0.2) is 17.8 Å². The molecule has 0 amide bonds. The lowest BCUT2D eigenvalue weighted by molar-refractivity contribution is -0.00000219. The molecule has 1 saturated carbocycles. The van der Waals surface area contributed by atoms with E-state index in [1.807, 2.05) is 0 Å². The molecule has 1 heterocycles. The Morgan fingerprint density at radius 1 is 1.00 bits per heavy atom. The van der Waals surface area contributed by atoms with Crippen LogP contribution in [0.2, 0.25) is 0 Å². The Morgan fingerprint density at radius 2 is 1.45 bits per heavy atom. The number of fused-ring (bicyclic) bond motifs is 1. The molecule has 2 aliphatic rings. The normalized spacial score (nSPS) is 42.8. The van der Waals surface area contributed by atoms with E-state index in [4.69, 9.17) is 0 Å². The minimum Gasteiger partial charge on any atom is -1.00 e. The Morgan fingerprint density at radius 3 is 1.91 bits per heavy atom. The number of hydrogen-bond acceptors (Lipinski definition) is 0. The first-order chi connectivity index (χ1) is 4.86. The molecule has 2 unspecified atom stereocenters. The third-order valence-corrected chi connectivity index (χ3v) is 5.06. The Labute approximate surface area is 89.9 Å². The van der Waals surface area contributed by atoms with Crippen molar-refractivity contribution in [2.45, 2.75) is 25.7 Å². The first-order valence-corrected chi connectivity index (χ1v) is 6.42. The third-order valence-electron chi connectivity index (χ3n) is 3.06. The molecule has 66 valence electrons. The maximum Gasteiger partial charge on any atom is 0.111 e. The molecule has 1 aliphatic heterocycles. The molecule has 0 bridgehead atoms. The van der Waals surface area contributed by atoms with Crippen molar-refractivity contribution in [1.82, 2.24) is 0 Å². The van der Waals surface area contributed by atoms with Gasteiger partial charge in [-0.25, -0.2) is 0 Å². The molecule has 11 heavy (non-hydrogen) atoms. The van der Waals surface area contributed by atoms with Gasteiger partial charge < -0.3 is 24.0 Å². The quantitative estimate of drug-likeness (QED) is 0.398. The lowest BCUT2D eigenvalue weighted by Crippen LogP contribution is -3.00. The topological polar surface area (TPSA) is 0 Å². The van der Waals surface area contributed by atoms with E-state index in [2.05, 4.69) is 6.26 Å². The van der Waals surface area contributed by atoms with E-state index in [1.165, 1.54) is 12.8 Å². The van der Waals surface area contributed by atoms with Crippen LogP contribution in [-0.2, 0) is 10.9 Å². The molecule has 2 atom stereocenters. The van der Waals surface area contributed by atoms with Crippen LogP contribution in [0.1, 0.15) is 25.7 Å². The van der Waals surface area contributed by atoms with Gasteiger partial charge in [0.05, 0.1) is 6.26 Å². The highest BCUT2D eigenvalue weighted by atomic mass is 127. The van der Waals surface area contributed by atoms with Crippen LogP contribution in [0, 0.1) is 11.8 Å². The van der Waals surface area contributed by atoms with E-state index >= 15 is 0 Å².